The highest BCUT2D eigenvalue weighted by Gasteiger charge is 2.28. The van der Waals surface area contributed by atoms with E-state index in [1.165, 1.54) is 18.1 Å². The summed E-state index contributed by atoms with van der Waals surface area (Å²) in [5.74, 6) is 1.15. The number of benzene rings is 1. The molecule has 134 valence electrons. The summed E-state index contributed by atoms with van der Waals surface area (Å²) in [6.45, 7) is 9.82. The van der Waals surface area contributed by atoms with Gasteiger partial charge in [-0.15, -0.1) is 0 Å². The minimum atomic E-state index is -0.367. The quantitative estimate of drug-likeness (QED) is 0.387. The maximum absolute atomic E-state index is 11.8. The predicted molar refractivity (Wildman–Crippen MR) is 101 cm³/mol. The monoisotopic (exact) mass is 360 g/mol. The number of nitro groups is 1. The molecule has 6 nitrogen and oxygen atoms in total. The van der Waals surface area contributed by atoms with Crippen LogP contribution in [0.15, 0.2) is 46.6 Å². The van der Waals surface area contributed by atoms with E-state index in [-0.39, 0.29) is 10.6 Å². The number of nitrogens with zero attached hydrogens (tertiary/aromatic N) is 4. The molecule has 25 heavy (non-hydrogen) atoms. The molecule has 1 heterocycles. The normalized spacial score (nSPS) is 11.1. The first kappa shape index (κ1) is 19.2. The van der Waals surface area contributed by atoms with Gasteiger partial charge in [-0.05, 0) is 24.0 Å². The molecule has 7 heteroatoms. The van der Waals surface area contributed by atoms with E-state index in [9.17, 15) is 10.1 Å². The molecule has 1 aromatic heterocycles. The lowest BCUT2D eigenvalue weighted by atomic mass is 10.1. The second-order valence-electron chi connectivity index (χ2n) is 6.72. The molecule has 2 rings (SSSR count). The number of aromatic nitrogens is 2. The summed E-state index contributed by atoms with van der Waals surface area (Å²) in [5.41, 5.74) is -0.0161. The van der Waals surface area contributed by atoms with Crippen LogP contribution in [0.1, 0.15) is 27.7 Å². The number of rotatable bonds is 8. The highest BCUT2D eigenvalue weighted by Crippen LogP contribution is 2.38. The first-order valence-corrected chi connectivity index (χ1v) is 9.17. The Hall–Kier alpha value is -2.15. The summed E-state index contributed by atoms with van der Waals surface area (Å²) in [7, 11) is 0. The van der Waals surface area contributed by atoms with Gasteiger partial charge in [0.15, 0.2) is 5.03 Å². The zero-order valence-corrected chi connectivity index (χ0v) is 15.9. The number of hydrogen-bond acceptors (Lipinski definition) is 6. The molecule has 0 atom stereocenters. The van der Waals surface area contributed by atoms with Crippen LogP contribution < -0.4 is 4.90 Å². The molecule has 0 amide bonds. The van der Waals surface area contributed by atoms with Gasteiger partial charge in [0.1, 0.15) is 6.33 Å². The lowest BCUT2D eigenvalue weighted by molar-refractivity contribution is -0.387. The van der Waals surface area contributed by atoms with Crippen LogP contribution in [-0.4, -0.2) is 28.0 Å². The lowest BCUT2D eigenvalue weighted by Crippen LogP contribution is -2.32. The summed E-state index contributed by atoms with van der Waals surface area (Å²) in [6, 6.07) is 9.55. The summed E-state index contributed by atoms with van der Waals surface area (Å²) in [6.07, 6.45) is 1.42. The van der Waals surface area contributed by atoms with Crippen molar-refractivity contribution in [3.05, 3.63) is 46.8 Å². The van der Waals surface area contributed by atoms with Crippen molar-refractivity contribution in [1.82, 2.24) is 9.97 Å². The van der Waals surface area contributed by atoms with Crippen molar-refractivity contribution in [2.24, 2.45) is 11.8 Å². The fourth-order valence-corrected chi connectivity index (χ4v) is 3.43. The first-order chi connectivity index (χ1) is 11.9. The molecule has 0 unspecified atom stereocenters. The third kappa shape index (κ3) is 5.42. The van der Waals surface area contributed by atoms with Crippen molar-refractivity contribution in [2.75, 3.05) is 18.0 Å². The van der Waals surface area contributed by atoms with Crippen molar-refractivity contribution in [3.63, 3.8) is 0 Å². The van der Waals surface area contributed by atoms with Gasteiger partial charge in [0, 0.05) is 18.0 Å². The number of hydrogen-bond donors (Lipinski definition) is 0. The van der Waals surface area contributed by atoms with Gasteiger partial charge in [-0.1, -0.05) is 57.7 Å². The Morgan fingerprint density at radius 2 is 1.68 bits per heavy atom. The molecule has 2 aromatic rings. The van der Waals surface area contributed by atoms with Crippen LogP contribution in [0.2, 0.25) is 0 Å². The van der Waals surface area contributed by atoms with Crippen LogP contribution >= 0.6 is 11.8 Å². The predicted octanol–water partition coefficient (Wildman–Crippen LogP) is 4.65. The molecule has 0 aliphatic rings. The Morgan fingerprint density at radius 1 is 1.08 bits per heavy atom. The zero-order valence-electron chi connectivity index (χ0n) is 15.0. The summed E-state index contributed by atoms with van der Waals surface area (Å²) < 4.78 is 0. The summed E-state index contributed by atoms with van der Waals surface area (Å²) in [5, 5.41) is 12.2. The van der Waals surface area contributed by atoms with Crippen molar-refractivity contribution in [3.8, 4) is 0 Å². The van der Waals surface area contributed by atoms with Gasteiger partial charge in [-0.2, -0.15) is 0 Å². The molecule has 0 radical (unpaired) electrons. The van der Waals surface area contributed by atoms with Crippen LogP contribution in [0, 0.1) is 22.0 Å². The average Bonchev–Trinajstić information content (AvgIpc) is 2.54. The molecular formula is C18H24N4O2S. The Kier molecular flexibility index (Phi) is 6.75. The third-order valence-electron chi connectivity index (χ3n) is 3.38. The topological polar surface area (TPSA) is 72.2 Å². The van der Waals surface area contributed by atoms with Gasteiger partial charge in [0.25, 0.3) is 0 Å². The highest BCUT2D eigenvalue weighted by molar-refractivity contribution is 7.99. The summed E-state index contributed by atoms with van der Waals surface area (Å²) in [4.78, 5) is 22.8. The average molecular weight is 360 g/mol. The largest absolute Gasteiger partial charge is 0.350 e. The second-order valence-corrected chi connectivity index (χ2v) is 7.78. The minimum absolute atomic E-state index is 0.0161. The van der Waals surface area contributed by atoms with E-state index in [0.717, 1.165) is 4.90 Å². The molecule has 0 aliphatic carbocycles. The molecule has 0 fully saturated rings. The molecule has 0 spiro atoms. The van der Waals surface area contributed by atoms with Crippen molar-refractivity contribution < 1.29 is 4.92 Å². The van der Waals surface area contributed by atoms with E-state index in [1.807, 2.05) is 35.2 Å². The van der Waals surface area contributed by atoms with E-state index in [4.69, 9.17) is 0 Å². The first-order valence-electron chi connectivity index (χ1n) is 8.35. The van der Waals surface area contributed by atoms with Crippen molar-refractivity contribution in [1.29, 1.82) is 0 Å². The van der Waals surface area contributed by atoms with Gasteiger partial charge in [-0.3, -0.25) is 10.1 Å². The molecule has 0 aliphatic heterocycles. The van der Waals surface area contributed by atoms with Gasteiger partial charge in [-0.25, -0.2) is 9.97 Å². The Balaban J connectivity index is 2.45. The van der Waals surface area contributed by atoms with Crippen LogP contribution in [-0.2, 0) is 0 Å². The zero-order chi connectivity index (χ0) is 18.4. The van der Waals surface area contributed by atoms with Gasteiger partial charge in [0.05, 0.1) is 4.92 Å². The Labute approximate surface area is 152 Å². The van der Waals surface area contributed by atoms with Gasteiger partial charge < -0.3 is 4.90 Å². The molecule has 0 N–H and O–H groups in total. The second kappa shape index (κ2) is 8.80. The van der Waals surface area contributed by atoms with Crippen LogP contribution in [0.5, 0.6) is 0 Å². The molecule has 1 aromatic carbocycles. The van der Waals surface area contributed by atoms with Crippen molar-refractivity contribution in [2.45, 2.75) is 37.6 Å². The SMILES string of the molecule is CC(C)CN(CC(C)C)c1ncnc(Sc2ccccc2)c1[N+](=O)[O-]. The Bertz CT molecular complexity index is 697. The third-order valence-corrected chi connectivity index (χ3v) is 4.38. The number of anilines is 1. The molecule has 0 saturated carbocycles. The molecule has 0 bridgehead atoms. The van der Waals surface area contributed by atoms with E-state index in [1.54, 1.807) is 0 Å². The van der Waals surface area contributed by atoms with Gasteiger partial charge in [0.2, 0.25) is 5.82 Å². The van der Waals surface area contributed by atoms with Gasteiger partial charge >= 0.3 is 5.69 Å². The van der Waals surface area contributed by atoms with E-state index >= 15 is 0 Å². The minimum Gasteiger partial charge on any atom is -0.350 e. The van der Waals surface area contributed by atoms with Crippen molar-refractivity contribution >= 4 is 23.3 Å². The Morgan fingerprint density at radius 3 is 2.20 bits per heavy atom. The standard InChI is InChI=1S/C18H24N4O2S/c1-13(2)10-21(11-14(3)4)17-16(22(23)24)18(20-12-19-17)25-15-8-6-5-7-9-15/h5-9,12-14H,10-11H2,1-4H3. The van der Waals surface area contributed by atoms with E-state index in [2.05, 4.69) is 37.7 Å². The maximum atomic E-state index is 11.8. The van der Waals surface area contributed by atoms with E-state index in [0.29, 0.717) is 35.8 Å². The van der Waals surface area contributed by atoms with Crippen LogP contribution in [0.25, 0.3) is 0 Å². The fraction of sp³-hybridized carbons (Fsp3) is 0.444. The molecular weight excluding hydrogens is 336 g/mol. The fourth-order valence-electron chi connectivity index (χ4n) is 2.55. The molecule has 0 saturated heterocycles. The smallest absolute Gasteiger partial charge is 0.343 e. The van der Waals surface area contributed by atoms with Crippen LogP contribution in [0.3, 0.4) is 0 Å². The maximum Gasteiger partial charge on any atom is 0.343 e. The lowest BCUT2D eigenvalue weighted by Gasteiger charge is -2.27. The highest BCUT2D eigenvalue weighted by atomic mass is 32.2. The summed E-state index contributed by atoms with van der Waals surface area (Å²) >= 11 is 1.29. The van der Waals surface area contributed by atoms with Crippen LogP contribution in [0.4, 0.5) is 11.5 Å². The van der Waals surface area contributed by atoms with E-state index < -0.39 is 0 Å².